The molecule has 4 aromatic carbocycles. The summed E-state index contributed by atoms with van der Waals surface area (Å²) in [5.74, 6) is 0.264. The smallest absolute Gasteiger partial charge is 0.292 e. The third-order valence-corrected chi connectivity index (χ3v) is 11.0. The van der Waals surface area contributed by atoms with Gasteiger partial charge in [0.05, 0.1) is 13.2 Å². The van der Waals surface area contributed by atoms with Gasteiger partial charge in [-0.15, -0.1) is 0 Å². The number of amides is 2. The SMILES string of the molecule is O=C(CCCOCCn1cccc(OCc2ccccc2)c1=O)N(CCCCCN(OCc1ccccc1)C(=O)CCCOCCn1cccc(OCc2ccccc2)c1=O)OCc1ccccc1. The Kier molecular flexibility index (Phi) is 22.3. The first-order valence-corrected chi connectivity index (χ1v) is 23.7. The molecule has 2 aromatic heterocycles. The van der Waals surface area contributed by atoms with Gasteiger partial charge in [0.25, 0.3) is 11.1 Å². The van der Waals surface area contributed by atoms with E-state index in [-0.39, 0.29) is 60.5 Å². The normalized spacial score (nSPS) is 11.0. The number of carbonyl (C=O) groups excluding carboxylic acids is 2. The molecule has 364 valence electrons. The van der Waals surface area contributed by atoms with Crippen molar-refractivity contribution in [2.75, 3.05) is 39.5 Å². The highest BCUT2D eigenvalue weighted by atomic mass is 16.7. The monoisotopic (exact) mass is 940 g/mol. The molecule has 0 saturated heterocycles. The lowest BCUT2D eigenvalue weighted by atomic mass is 10.2. The number of hydrogen-bond acceptors (Lipinski definition) is 10. The second kappa shape index (κ2) is 29.8. The molecular formula is C55H64N4O10. The molecule has 0 atom stereocenters. The third kappa shape index (κ3) is 18.6. The van der Waals surface area contributed by atoms with E-state index in [2.05, 4.69) is 0 Å². The van der Waals surface area contributed by atoms with Gasteiger partial charge in [-0.05, 0) is 78.6 Å². The quantitative estimate of drug-likeness (QED) is 0.0299. The first-order valence-electron chi connectivity index (χ1n) is 23.7. The van der Waals surface area contributed by atoms with E-state index in [0.717, 1.165) is 28.7 Å². The number of ether oxygens (including phenoxy) is 4. The van der Waals surface area contributed by atoms with Gasteiger partial charge in [-0.1, -0.05) is 121 Å². The van der Waals surface area contributed by atoms with Crippen LogP contribution in [-0.4, -0.2) is 70.6 Å². The molecule has 69 heavy (non-hydrogen) atoms. The van der Waals surface area contributed by atoms with Crippen LogP contribution >= 0.6 is 0 Å². The number of pyridine rings is 2. The fraction of sp³-hybridized carbons (Fsp3) is 0.345. The zero-order valence-electron chi connectivity index (χ0n) is 39.3. The van der Waals surface area contributed by atoms with Crippen LogP contribution in [0.25, 0.3) is 0 Å². The summed E-state index contributed by atoms with van der Waals surface area (Å²) in [6, 6.07) is 45.6. The number of rotatable bonds is 32. The molecule has 0 aliphatic rings. The highest BCUT2D eigenvalue weighted by Crippen LogP contribution is 2.13. The Labute approximate surface area is 404 Å². The lowest BCUT2D eigenvalue weighted by Gasteiger charge is -2.24. The van der Waals surface area contributed by atoms with E-state index in [1.165, 1.54) is 10.1 Å². The molecule has 14 nitrogen and oxygen atoms in total. The molecule has 0 saturated carbocycles. The predicted octanol–water partition coefficient (Wildman–Crippen LogP) is 8.55. The van der Waals surface area contributed by atoms with Crippen LogP contribution in [0, 0.1) is 0 Å². The molecular weight excluding hydrogens is 877 g/mol. The summed E-state index contributed by atoms with van der Waals surface area (Å²) in [6.07, 6.45) is 6.87. The van der Waals surface area contributed by atoms with Gasteiger partial charge in [0, 0.05) is 64.6 Å². The maximum absolute atomic E-state index is 13.5. The van der Waals surface area contributed by atoms with E-state index in [4.69, 9.17) is 28.6 Å². The Morgan fingerprint density at radius 3 is 1.14 bits per heavy atom. The van der Waals surface area contributed by atoms with Crippen molar-refractivity contribution < 1.29 is 38.2 Å². The minimum Gasteiger partial charge on any atom is -0.483 e. The van der Waals surface area contributed by atoms with Crippen molar-refractivity contribution in [3.8, 4) is 11.5 Å². The molecule has 0 fully saturated rings. The molecule has 0 radical (unpaired) electrons. The molecule has 0 N–H and O–H groups in total. The number of nitrogens with zero attached hydrogens (tertiary/aromatic N) is 4. The van der Waals surface area contributed by atoms with Crippen LogP contribution < -0.4 is 20.6 Å². The van der Waals surface area contributed by atoms with Gasteiger partial charge in [-0.2, -0.15) is 0 Å². The highest BCUT2D eigenvalue weighted by molar-refractivity contribution is 5.75. The molecule has 2 amide bonds. The number of hydroxylamine groups is 4. The van der Waals surface area contributed by atoms with Crippen LogP contribution in [0.4, 0.5) is 0 Å². The number of carbonyl (C=O) groups is 2. The Hall–Kier alpha value is -6.84. The van der Waals surface area contributed by atoms with E-state index in [9.17, 15) is 19.2 Å². The van der Waals surface area contributed by atoms with E-state index in [0.29, 0.717) is 91.5 Å². The van der Waals surface area contributed by atoms with Crippen LogP contribution in [0.1, 0.15) is 67.2 Å². The largest absolute Gasteiger partial charge is 0.483 e. The first kappa shape index (κ1) is 51.5. The van der Waals surface area contributed by atoms with E-state index >= 15 is 0 Å². The summed E-state index contributed by atoms with van der Waals surface area (Å²) >= 11 is 0. The zero-order chi connectivity index (χ0) is 48.1. The Balaban J connectivity index is 0.907. The van der Waals surface area contributed by atoms with Crippen LogP contribution in [0.2, 0.25) is 0 Å². The number of unbranched alkanes of at least 4 members (excludes halogenated alkanes) is 2. The van der Waals surface area contributed by atoms with Gasteiger partial charge >= 0.3 is 0 Å². The van der Waals surface area contributed by atoms with Crippen molar-refractivity contribution in [3.05, 3.63) is 201 Å². The Bertz CT molecular complexity index is 2330. The number of hydrogen-bond donors (Lipinski definition) is 0. The summed E-state index contributed by atoms with van der Waals surface area (Å²) in [6.45, 7) is 3.87. The van der Waals surface area contributed by atoms with Crippen LogP contribution in [0.3, 0.4) is 0 Å². The maximum Gasteiger partial charge on any atom is 0.292 e. The summed E-state index contributed by atoms with van der Waals surface area (Å²) in [7, 11) is 0. The Morgan fingerprint density at radius 1 is 0.406 bits per heavy atom. The predicted molar refractivity (Wildman–Crippen MR) is 263 cm³/mol. The van der Waals surface area contributed by atoms with Crippen molar-refractivity contribution >= 4 is 11.8 Å². The lowest BCUT2D eigenvalue weighted by molar-refractivity contribution is -0.194. The van der Waals surface area contributed by atoms with Crippen LogP contribution in [0.5, 0.6) is 11.5 Å². The second-order valence-corrected chi connectivity index (χ2v) is 16.3. The maximum atomic E-state index is 13.5. The zero-order valence-corrected chi connectivity index (χ0v) is 39.3. The highest BCUT2D eigenvalue weighted by Gasteiger charge is 2.17. The van der Waals surface area contributed by atoms with Gasteiger partial charge in [0.2, 0.25) is 11.8 Å². The molecule has 14 heteroatoms. The number of benzene rings is 4. The molecule has 0 unspecified atom stereocenters. The summed E-state index contributed by atoms with van der Waals surface area (Å²) in [4.78, 5) is 64.9. The van der Waals surface area contributed by atoms with Gasteiger partial charge < -0.3 is 28.1 Å². The van der Waals surface area contributed by atoms with Gasteiger partial charge in [-0.3, -0.25) is 28.9 Å². The van der Waals surface area contributed by atoms with E-state index in [1.807, 2.05) is 121 Å². The molecule has 0 spiro atoms. The lowest BCUT2D eigenvalue weighted by Crippen LogP contribution is -2.33. The van der Waals surface area contributed by atoms with Gasteiger partial charge in [0.15, 0.2) is 11.5 Å². The second-order valence-electron chi connectivity index (χ2n) is 16.3. The summed E-state index contributed by atoms with van der Waals surface area (Å²) in [5, 5.41) is 2.88. The minimum atomic E-state index is -0.226. The van der Waals surface area contributed by atoms with Crippen LogP contribution in [0.15, 0.2) is 168 Å². The number of aromatic nitrogens is 2. The van der Waals surface area contributed by atoms with Gasteiger partial charge in [0.1, 0.15) is 26.4 Å². The van der Waals surface area contributed by atoms with Crippen molar-refractivity contribution in [1.29, 1.82) is 0 Å². The molecule has 2 heterocycles. The van der Waals surface area contributed by atoms with E-state index in [1.54, 1.807) is 45.8 Å². The minimum absolute atomic E-state index is 0.146. The van der Waals surface area contributed by atoms with Crippen molar-refractivity contribution in [1.82, 2.24) is 19.3 Å². The fourth-order valence-corrected chi connectivity index (χ4v) is 7.17. The average Bonchev–Trinajstić information content (AvgIpc) is 3.38. The van der Waals surface area contributed by atoms with Crippen molar-refractivity contribution in [3.63, 3.8) is 0 Å². The summed E-state index contributed by atoms with van der Waals surface area (Å²) < 4.78 is 26.3. The molecule has 6 aromatic rings. The molecule has 0 bridgehead atoms. The molecule has 0 aliphatic carbocycles. The van der Waals surface area contributed by atoms with Crippen molar-refractivity contribution in [2.24, 2.45) is 0 Å². The Morgan fingerprint density at radius 2 is 0.768 bits per heavy atom. The topological polar surface area (TPSA) is 140 Å². The first-order chi connectivity index (χ1) is 33.9. The van der Waals surface area contributed by atoms with Gasteiger partial charge in [-0.25, -0.2) is 10.1 Å². The average molecular weight is 941 g/mol. The molecule has 0 aliphatic heterocycles. The molecule has 6 rings (SSSR count). The third-order valence-electron chi connectivity index (χ3n) is 11.0. The summed E-state index contributed by atoms with van der Waals surface area (Å²) in [5.41, 5.74) is 3.39. The van der Waals surface area contributed by atoms with Crippen molar-refractivity contribution in [2.45, 2.75) is 84.5 Å². The fourth-order valence-electron chi connectivity index (χ4n) is 7.17. The van der Waals surface area contributed by atoms with E-state index < -0.39 is 0 Å². The standard InChI is InChI=1S/C55H64N4O10/c60-52(30-18-38-64-40-36-56-32-16-28-50(54(56)62)66-42-46-20-6-1-7-21-46)58(68-44-48-24-10-3-11-25-48)34-14-5-15-35-59(69-45-49-26-12-4-13-27-49)53(61)31-19-39-65-41-37-57-33-17-29-51(55(57)63)67-43-47-22-8-2-9-23-47/h1-4,6-13,16-17,20-29,32-33H,5,14-15,18-19,30-31,34-45H2. The van der Waals surface area contributed by atoms with Crippen LogP contribution in [-0.2, 0) is 68.3 Å².